The molecule has 1 aliphatic carbocycles. The van der Waals surface area contributed by atoms with Crippen LogP contribution in [-0.4, -0.2) is 47.9 Å². The molecule has 0 N–H and O–H groups in total. The number of aromatic nitrogens is 1. The molecule has 6 heteroatoms. The Morgan fingerprint density at radius 3 is 2.53 bits per heavy atom. The number of carbonyl (C=O) groups excluding carboxylic acids is 2. The van der Waals surface area contributed by atoms with E-state index in [4.69, 9.17) is 4.74 Å². The first-order valence-corrected chi connectivity index (χ1v) is 11.0. The molecule has 6 rings (SSSR count). The summed E-state index contributed by atoms with van der Waals surface area (Å²) in [5, 5.41) is 0. The average Bonchev–Trinajstić information content (AvgIpc) is 3.13. The van der Waals surface area contributed by atoms with Crippen LogP contribution in [0.1, 0.15) is 53.6 Å². The SMILES string of the molecule is O=C1O[C@]2(CCN(C(=O)C3(c4ccc(N5CCCC5)nc4)CC3)C2)c2ccccc21. The van der Waals surface area contributed by atoms with E-state index in [1.165, 1.54) is 12.8 Å². The molecule has 0 bridgehead atoms. The van der Waals surface area contributed by atoms with E-state index >= 15 is 0 Å². The van der Waals surface area contributed by atoms with E-state index in [9.17, 15) is 9.59 Å². The van der Waals surface area contributed by atoms with Crippen molar-refractivity contribution in [3.63, 3.8) is 0 Å². The molecule has 2 saturated heterocycles. The molecule has 3 fully saturated rings. The van der Waals surface area contributed by atoms with Crippen molar-refractivity contribution in [2.45, 2.75) is 43.1 Å². The van der Waals surface area contributed by atoms with Gasteiger partial charge in [-0.15, -0.1) is 0 Å². The molecule has 2 aromatic rings. The monoisotopic (exact) mass is 403 g/mol. The van der Waals surface area contributed by atoms with Gasteiger partial charge in [-0.25, -0.2) is 9.78 Å². The number of fused-ring (bicyclic) bond motifs is 2. The van der Waals surface area contributed by atoms with E-state index in [1.54, 1.807) is 0 Å². The minimum atomic E-state index is -0.683. The number of hydrogen-bond donors (Lipinski definition) is 0. The first kappa shape index (κ1) is 17.9. The number of esters is 1. The van der Waals surface area contributed by atoms with Gasteiger partial charge in [0.15, 0.2) is 5.60 Å². The van der Waals surface area contributed by atoms with Crippen molar-refractivity contribution in [2.75, 3.05) is 31.1 Å². The number of amides is 1. The second kappa shape index (κ2) is 6.30. The maximum atomic E-state index is 13.6. The maximum Gasteiger partial charge on any atom is 0.339 e. The summed E-state index contributed by atoms with van der Waals surface area (Å²) in [6.45, 7) is 3.18. The molecular formula is C24H25N3O3. The molecule has 3 aliphatic heterocycles. The Hall–Kier alpha value is -2.89. The smallest absolute Gasteiger partial charge is 0.339 e. The van der Waals surface area contributed by atoms with Gasteiger partial charge in [0.25, 0.3) is 0 Å². The summed E-state index contributed by atoms with van der Waals surface area (Å²) in [4.78, 5) is 34.8. The summed E-state index contributed by atoms with van der Waals surface area (Å²) in [5.74, 6) is 0.882. The van der Waals surface area contributed by atoms with E-state index in [-0.39, 0.29) is 11.9 Å². The number of ether oxygens (including phenoxy) is 1. The fourth-order valence-corrected chi connectivity index (χ4v) is 5.46. The summed E-state index contributed by atoms with van der Waals surface area (Å²) in [5.41, 5.74) is 1.43. The maximum absolute atomic E-state index is 13.6. The van der Waals surface area contributed by atoms with E-state index < -0.39 is 11.0 Å². The van der Waals surface area contributed by atoms with Crippen LogP contribution < -0.4 is 4.90 Å². The zero-order chi connectivity index (χ0) is 20.3. The average molecular weight is 403 g/mol. The zero-order valence-electron chi connectivity index (χ0n) is 17.0. The summed E-state index contributed by atoms with van der Waals surface area (Å²) < 4.78 is 5.82. The van der Waals surface area contributed by atoms with E-state index in [0.29, 0.717) is 25.1 Å². The Balaban J connectivity index is 1.23. The van der Waals surface area contributed by atoms with Crippen LogP contribution in [0.2, 0.25) is 0 Å². The molecule has 154 valence electrons. The fraction of sp³-hybridized carbons (Fsp3) is 0.458. The largest absolute Gasteiger partial charge is 0.449 e. The zero-order valence-corrected chi connectivity index (χ0v) is 17.0. The summed E-state index contributed by atoms with van der Waals surface area (Å²) in [6, 6.07) is 11.7. The van der Waals surface area contributed by atoms with E-state index in [1.807, 2.05) is 35.4 Å². The number of benzene rings is 1. The first-order valence-electron chi connectivity index (χ1n) is 11.0. The number of likely N-dealkylation sites (tertiary alicyclic amines) is 1. The second-order valence-corrected chi connectivity index (χ2v) is 9.09. The molecular weight excluding hydrogens is 378 g/mol. The number of nitrogens with zero attached hydrogens (tertiary/aromatic N) is 3. The minimum absolute atomic E-state index is 0.149. The van der Waals surface area contributed by atoms with Crippen molar-refractivity contribution in [1.82, 2.24) is 9.88 Å². The van der Waals surface area contributed by atoms with Crippen LogP contribution in [0.4, 0.5) is 5.82 Å². The lowest BCUT2D eigenvalue weighted by Crippen LogP contribution is -2.40. The van der Waals surface area contributed by atoms with Gasteiger partial charge in [-0.05, 0) is 43.4 Å². The molecule has 0 radical (unpaired) electrons. The van der Waals surface area contributed by atoms with Crippen LogP contribution >= 0.6 is 0 Å². The van der Waals surface area contributed by atoms with E-state index in [2.05, 4.69) is 22.0 Å². The van der Waals surface area contributed by atoms with Crippen molar-refractivity contribution in [3.8, 4) is 0 Å². The lowest BCUT2D eigenvalue weighted by Gasteiger charge is -2.27. The Labute approximate surface area is 175 Å². The molecule has 30 heavy (non-hydrogen) atoms. The Bertz CT molecular complexity index is 1020. The quantitative estimate of drug-likeness (QED) is 0.738. The highest BCUT2D eigenvalue weighted by atomic mass is 16.6. The fourth-order valence-electron chi connectivity index (χ4n) is 5.46. The van der Waals surface area contributed by atoms with Crippen molar-refractivity contribution in [2.24, 2.45) is 0 Å². The normalized spacial score (nSPS) is 26.2. The summed E-state index contributed by atoms with van der Waals surface area (Å²) in [6.07, 6.45) is 6.71. The summed E-state index contributed by atoms with van der Waals surface area (Å²) >= 11 is 0. The van der Waals surface area contributed by atoms with Crippen LogP contribution in [-0.2, 0) is 20.5 Å². The van der Waals surface area contributed by atoms with Crippen LogP contribution in [0.25, 0.3) is 0 Å². The molecule has 1 aromatic heterocycles. The highest BCUT2D eigenvalue weighted by Crippen LogP contribution is 2.52. The number of pyridine rings is 1. The van der Waals surface area contributed by atoms with Crippen LogP contribution in [0.15, 0.2) is 42.6 Å². The molecule has 4 aliphatic rings. The molecule has 1 atom stereocenters. The number of rotatable bonds is 3. The molecule has 1 amide bonds. The van der Waals surface area contributed by atoms with Gasteiger partial charge in [0, 0.05) is 37.8 Å². The van der Waals surface area contributed by atoms with Crippen molar-refractivity contribution in [3.05, 3.63) is 59.3 Å². The lowest BCUT2D eigenvalue weighted by molar-refractivity contribution is -0.134. The predicted molar refractivity (Wildman–Crippen MR) is 111 cm³/mol. The molecule has 6 nitrogen and oxygen atoms in total. The predicted octanol–water partition coefficient (Wildman–Crippen LogP) is 3.01. The minimum Gasteiger partial charge on any atom is -0.449 e. The van der Waals surface area contributed by atoms with Gasteiger partial charge < -0.3 is 14.5 Å². The number of carbonyl (C=O) groups is 2. The van der Waals surface area contributed by atoms with Crippen molar-refractivity contribution >= 4 is 17.7 Å². The molecule has 1 spiro atoms. The van der Waals surface area contributed by atoms with Crippen LogP contribution in [0, 0.1) is 0 Å². The topological polar surface area (TPSA) is 62.7 Å². The van der Waals surface area contributed by atoms with Gasteiger partial charge in [-0.2, -0.15) is 0 Å². The van der Waals surface area contributed by atoms with Gasteiger partial charge in [0.05, 0.1) is 17.5 Å². The number of hydrogen-bond acceptors (Lipinski definition) is 5. The molecule has 1 saturated carbocycles. The lowest BCUT2D eigenvalue weighted by atomic mass is 9.91. The van der Waals surface area contributed by atoms with Gasteiger partial charge in [-0.3, -0.25) is 4.79 Å². The van der Waals surface area contributed by atoms with Gasteiger partial charge in [0.1, 0.15) is 5.82 Å². The third-order valence-electron chi connectivity index (χ3n) is 7.33. The Morgan fingerprint density at radius 2 is 1.80 bits per heavy atom. The number of anilines is 1. The Morgan fingerprint density at radius 1 is 1.00 bits per heavy atom. The molecule has 0 unspecified atom stereocenters. The van der Waals surface area contributed by atoms with E-state index in [0.717, 1.165) is 42.9 Å². The standard InChI is InChI=1S/C24H25N3O3/c28-21-18-5-1-2-6-19(18)24(30-21)11-14-27(16-24)22(29)23(9-10-23)17-7-8-20(25-15-17)26-12-3-4-13-26/h1-2,5-8,15H,3-4,9-14,16H2/t24-/m0/s1. The van der Waals surface area contributed by atoms with Crippen LogP contribution in [0.5, 0.6) is 0 Å². The van der Waals surface area contributed by atoms with Crippen molar-refractivity contribution in [1.29, 1.82) is 0 Å². The van der Waals surface area contributed by atoms with Crippen LogP contribution in [0.3, 0.4) is 0 Å². The summed E-state index contributed by atoms with van der Waals surface area (Å²) in [7, 11) is 0. The molecule has 1 aromatic carbocycles. The highest BCUT2D eigenvalue weighted by molar-refractivity contribution is 5.96. The third-order valence-corrected chi connectivity index (χ3v) is 7.33. The first-order chi connectivity index (χ1) is 14.6. The second-order valence-electron chi connectivity index (χ2n) is 9.09. The van der Waals surface area contributed by atoms with Crippen molar-refractivity contribution < 1.29 is 14.3 Å². The van der Waals surface area contributed by atoms with Gasteiger partial charge in [-0.1, -0.05) is 24.3 Å². The van der Waals surface area contributed by atoms with Gasteiger partial charge >= 0.3 is 5.97 Å². The third kappa shape index (κ3) is 2.52. The van der Waals surface area contributed by atoms with Gasteiger partial charge in [0.2, 0.25) is 5.91 Å². The Kier molecular flexibility index (Phi) is 3.77. The molecule has 4 heterocycles. The highest BCUT2D eigenvalue weighted by Gasteiger charge is 2.57.